The summed E-state index contributed by atoms with van der Waals surface area (Å²) in [6, 6.07) is 12.7. The van der Waals surface area contributed by atoms with Gasteiger partial charge in [0.15, 0.2) is 11.5 Å². The number of ether oxygens (including phenoxy) is 2. The van der Waals surface area contributed by atoms with Gasteiger partial charge < -0.3 is 20.1 Å². The van der Waals surface area contributed by atoms with Crippen molar-refractivity contribution in [1.82, 2.24) is 20.2 Å². The molecule has 0 bridgehead atoms. The molecule has 1 atom stereocenters. The summed E-state index contributed by atoms with van der Waals surface area (Å²) in [6.07, 6.45) is 0.887. The maximum Gasteiger partial charge on any atom is 0.255 e. The minimum Gasteiger partial charge on any atom is -0.493 e. The summed E-state index contributed by atoms with van der Waals surface area (Å²) in [5.74, 6) is 1.46. The number of tetrazole rings is 1. The normalized spacial score (nSPS) is 15.1. The molecule has 1 aliphatic heterocycles. The Kier molecular flexibility index (Phi) is 6.07. The minimum absolute atomic E-state index is 0.239. The number of aromatic nitrogens is 4. The fourth-order valence-electron chi connectivity index (χ4n) is 3.72. The molecule has 2 aromatic carbocycles. The van der Waals surface area contributed by atoms with Gasteiger partial charge in [-0.3, -0.25) is 4.79 Å². The summed E-state index contributed by atoms with van der Waals surface area (Å²) < 4.78 is 12.9. The molecule has 4 rings (SSSR count). The molecule has 9 nitrogen and oxygen atoms in total. The molecule has 1 amide bonds. The van der Waals surface area contributed by atoms with Gasteiger partial charge >= 0.3 is 0 Å². The van der Waals surface area contributed by atoms with Crippen LogP contribution in [0.2, 0.25) is 0 Å². The van der Waals surface area contributed by atoms with Crippen molar-refractivity contribution in [2.24, 2.45) is 0 Å². The molecule has 0 saturated heterocycles. The van der Waals surface area contributed by atoms with Crippen molar-refractivity contribution in [3.05, 3.63) is 64.9 Å². The van der Waals surface area contributed by atoms with Gasteiger partial charge in [0, 0.05) is 11.4 Å². The van der Waals surface area contributed by atoms with Gasteiger partial charge in [-0.05, 0) is 66.1 Å². The molecule has 0 aliphatic carbocycles. The van der Waals surface area contributed by atoms with Crippen LogP contribution in [0.15, 0.2) is 53.7 Å². The summed E-state index contributed by atoms with van der Waals surface area (Å²) >= 11 is 0. The predicted molar refractivity (Wildman–Crippen MR) is 121 cm³/mol. The Balaban J connectivity index is 1.75. The number of allylic oxidation sites excluding steroid dienone is 1. The number of rotatable bonds is 7. The van der Waals surface area contributed by atoms with Crippen molar-refractivity contribution in [3.63, 3.8) is 0 Å². The highest BCUT2D eigenvalue weighted by Crippen LogP contribution is 2.38. The van der Waals surface area contributed by atoms with E-state index in [0.717, 1.165) is 23.2 Å². The number of carbonyl (C=O) groups excluding carboxylic acids is 1. The number of fused-ring (bicyclic) bond motifs is 1. The molecule has 32 heavy (non-hydrogen) atoms. The summed E-state index contributed by atoms with van der Waals surface area (Å²) in [5, 5.41) is 18.1. The Hall–Kier alpha value is -3.88. The number of carbonyl (C=O) groups is 1. The Morgan fingerprint density at radius 1 is 1.19 bits per heavy atom. The van der Waals surface area contributed by atoms with Crippen molar-refractivity contribution in [2.45, 2.75) is 33.2 Å². The SMILES string of the molecule is CCCOc1ccc(C2C(C(=O)Nc3cccc(C)c3)=C(C)Nc3nnnn32)cc1OC. The Morgan fingerprint density at radius 2 is 2.03 bits per heavy atom. The van der Waals surface area contributed by atoms with E-state index in [1.165, 1.54) is 0 Å². The molecular formula is C23H26N6O3. The van der Waals surface area contributed by atoms with Crippen molar-refractivity contribution >= 4 is 17.5 Å². The van der Waals surface area contributed by atoms with Crippen LogP contribution in [0.3, 0.4) is 0 Å². The van der Waals surface area contributed by atoms with Crippen LogP contribution >= 0.6 is 0 Å². The quantitative estimate of drug-likeness (QED) is 0.584. The molecule has 166 valence electrons. The Bertz CT molecular complexity index is 1170. The molecule has 3 aromatic rings. The predicted octanol–water partition coefficient (Wildman–Crippen LogP) is 3.71. The van der Waals surface area contributed by atoms with Crippen molar-refractivity contribution in [3.8, 4) is 11.5 Å². The highest BCUT2D eigenvalue weighted by atomic mass is 16.5. The lowest BCUT2D eigenvalue weighted by atomic mass is 9.94. The van der Waals surface area contributed by atoms with Crippen LogP contribution < -0.4 is 20.1 Å². The smallest absolute Gasteiger partial charge is 0.255 e. The van der Waals surface area contributed by atoms with E-state index in [-0.39, 0.29) is 5.91 Å². The van der Waals surface area contributed by atoms with Crippen LogP contribution in [0.5, 0.6) is 11.5 Å². The Labute approximate surface area is 186 Å². The van der Waals surface area contributed by atoms with Gasteiger partial charge in [-0.25, -0.2) is 0 Å². The number of benzene rings is 2. The van der Waals surface area contributed by atoms with E-state index < -0.39 is 6.04 Å². The largest absolute Gasteiger partial charge is 0.493 e. The van der Waals surface area contributed by atoms with E-state index in [9.17, 15) is 4.79 Å². The van der Waals surface area contributed by atoms with E-state index in [1.807, 2.05) is 63.2 Å². The van der Waals surface area contributed by atoms with E-state index in [1.54, 1.807) is 11.8 Å². The van der Waals surface area contributed by atoms with Gasteiger partial charge in [-0.15, -0.1) is 0 Å². The summed E-state index contributed by atoms with van der Waals surface area (Å²) in [6.45, 7) is 6.45. The molecule has 2 N–H and O–H groups in total. The number of aryl methyl sites for hydroxylation is 1. The fourth-order valence-corrected chi connectivity index (χ4v) is 3.72. The topological polar surface area (TPSA) is 103 Å². The van der Waals surface area contributed by atoms with Crippen molar-refractivity contribution in [2.75, 3.05) is 24.4 Å². The van der Waals surface area contributed by atoms with Crippen LogP contribution in [0, 0.1) is 6.92 Å². The van der Waals surface area contributed by atoms with Gasteiger partial charge in [0.25, 0.3) is 5.91 Å². The monoisotopic (exact) mass is 434 g/mol. The lowest BCUT2D eigenvalue weighted by Gasteiger charge is -2.28. The standard InChI is InChI=1S/C23H26N6O3/c1-5-11-32-18-10-9-16(13-19(18)31-4)21-20(15(3)24-23-26-27-28-29(21)23)22(30)25-17-8-6-7-14(2)12-17/h6-10,12-13,21H,5,11H2,1-4H3,(H,25,30)(H,24,26,28). The zero-order valence-electron chi connectivity index (χ0n) is 18.5. The number of nitrogens with zero attached hydrogens (tertiary/aromatic N) is 4. The van der Waals surface area contributed by atoms with Crippen LogP contribution in [-0.2, 0) is 4.79 Å². The first-order chi connectivity index (χ1) is 15.5. The summed E-state index contributed by atoms with van der Waals surface area (Å²) in [4.78, 5) is 13.4. The van der Waals surface area contributed by atoms with Crippen molar-refractivity contribution in [1.29, 1.82) is 0 Å². The number of hydrogen-bond donors (Lipinski definition) is 2. The highest BCUT2D eigenvalue weighted by Gasteiger charge is 2.34. The second kappa shape index (κ2) is 9.09. The number of nitrogens with one attached hydrogen (secondary N) is 2. The Morgan fingerprint density at radius 3 is 2.78 bits per heavy atom. The molecule has 0 saturated carbocycles. The highest BCUT2D eigenvalue weighted by molar-refractivity contribution is 6.06. The average Bonchev–Trinajstić information content (AvgIpc) is 3.24. The second-order valence-electron chi connectivity index (χ2n) is 7.60. The lowest BCUT2D eigenvalue weighted by molar-refractivity contribution is -0.113. The van der Waals surface area contributed by atoms with Crippen LogP contribution in [0.1, 0.15) is 37.4 Å². The molecule has 9 heteroatoms. The van der Waals surface area contributed by atoms with E-state index in [4.69, 9.17) is 9.47 Å². The van der Waals surface area contributed by atoms with E-state index in [0.29, 0.717) is 35.3 Å². The molecule has 1 aliphatic rings. The van der Waals surface area contributed by atoms with Crippen LogP contribution in [0.4, 0.5) is 11.6 Å². The first-order valence-corrected chi connectivity index (χ1v) is 10.5. The number of amides is 1. The van der Waals surface area contributed by atoms with E-state index in [2.05, 4.69) is 26.2 Å². The molecule has 0 spiro atoms. The third kappa shape index (κ3) is 4.14. The first kappa shape index (κ1) is 21.4. The van der Waals surface area contributed by atoms with Crippen LogP contribution in [0.25, 0.3) is 0 Å². The van der Waals surface area contributed by atoms with Gasteiger partial charge in [-0.1, -0.05) is 30.2 Å². The molecule has 2 heterocycles. The number of anilines is 2. The summed E-state index contributed by atoms with van der Waals surface area (Å²) in [7, 11) is 1.59. The molecular weight excluding hydrogens is 408 g/mol. The van der Waals surface area contributed by atoms with Gasteiger partial charge in [0.1, 0.15) is 6.04 Å². The number of methoxy groups -OCH3 is 1. The van der Waals surface area contributed by atoms with Crippen LogP contribution in [-0.4, -0.2) is 39.8 Å². The number of hydrogen-bond acceptors (Lipinski definition) is 7. The molecule has 1 unspecified atom stereocenters. The lowest BCUT2D eigenvalue weighted by Crippen LogP contribution is -2.31. The fraction of sp³-hybridized carbons (Fsp3) is 0.304. The molecule has 0 fully saturated rings. The third-order valence-corrected chi connectivity index (χ3v) is 5.20. The average molecular weight is 435 g/mol. The molecule has 1 aromatic heterocycles. The van der Waals surface area contributed by atoms with Gasteiger partial charge in [0.05, 0.1) is 19.3 Å². The first-order valence-electron chi connectivity index (χ1n) is 10.5. The zero-order chi connectivity index (χ0) is 22.7. The maximum atomic E-state index is 13.4. The van der Waals surface area contributed by atoms with Gasteiger partial charge in [0.2, 0.25) is 5.95 Å². The second-order valence-corrected chi connectivity index (χ2v) is 7.60. The minimum atomic E-state index is -0.541. The van der Waals surface area contributed by atoms with Gasteiger partial charge in [-0.2, -0.15) is 4.68 Å². The van der Waals surface area contributed by atoms with Crippen molar-refractivity contribution < 1.29 is 14.3 Å². The summed E-state index contributed by atoms with van der Waals surface area (Å²) in [5.41, 5.74) is 3.76. The van der Waals surface area contributed by atoms with E-state index >= 15 is 0 Å². The third-order valence-electron chi connectivity index (χ3n) is 5.20. The maximum absolute atomic E-state index is 13.4. The zero-order valence-corrected chi connectivity index (χ0v) is 18.5. The molecule has 0 radical (unpaired) electrons.